The van der Waals surface area contributed by atoms with Gasteiger partial charge in [-0.25, -0.2) is 4.98 Å². The average molecular weight is 277 g/mol. The van der Waals surface area contributed by atoms with Crippen LogP contribution >= 0.6 is 24.8 Å². The summed E-state index contributed by atoms with van der Waals surface area (Å²) in [6.45, 7) is 0. The van der Waals surface area contributed by atoms with Crippen LogP contribution in [0, 0.1) is 0 Å². The molecule has 1 aromatic carbocycles. The number of benzene rings is 1. The number of rotatable bonds is 3. The average Bonchev–Trinajstić information content (AvgIpc) is 2.81. The Balaban J connectivity index is 0.00000128. The molecule has 2 rings (SSSR count). The summed E-state index contributed by atoms with van der Waals surface area (Å²) in [6.07, 6.45) is 3.50. The van der Waals surface area contributed by atoms with Crippen molar-refractivity contribution in [1.82, 2.24) is 9.97 Å². The summed E-state index contributed by atoms with van der Waals surface area (Å²) in [5, 5.41) is 0. The van der Waals surface area contributed by atoms with Crippen molar-refractivity contribution < 1.29 is 9.47 Å². The molecule has 0 radical (unpaired) electrons. The van der Waals surface area contributed by atoms with Gasteiger partial charge in [0.25, 0.3) is 0 Å². The van der Waals surface area contributed by atoms with E-state index in [2.05, 4.69) is 9.97 Å². The number of methoxy groups -OCH3 is 2. The second-order valence-electron chi connectivity index (χ2n) is 3.01. The van der Waals surface area contributed by atoms with E-state index in [1.807, 2.05) is 18.2 Å². The van der Waals surface area contributed by atoms with Crippen molar-refractivity contribution in [1.29, 1.82) is 0 Å². The second kappa shape index (κ2) is 7.04. The molecule has 1 heterocycles. The van der Waals surface area contributed by atoms with Crippen molar-refractivity contribution in [3.8, 4) is 22.9 Å². The molecule has 0 aliphatic rings. The second-order valence-corrected chi connectivity index (χ2v) is 3.01. The molecule has 1 aromatic heterocycles. The number of hydrogen-bond acceptors (Lipinski definition) is 3. The molecule has 0 saturated carbocycles. The summed E-state index contributed by atoms with van der Waals surface area (Å²) in [5.74, 6) is 2.23. The molecule has 6 heteroatoms. The van der Waals surface area contributed by atoms with Gasteiger partial charge in [0, 0.05) is 18.0 Å². The molecule has 4 nitrogen and oxygen atoms in total. The maximum absolute atomic E-state index is 5.21. The van der Waals surface area contributed by atoms with Crippen molar-refractivity contribution in [2.75, 3.05) is 14.2 Å². The Morgan fingerprint density at radius 3 is 2.29 bits per heavy atom. The molecule has 0 amide bonds. The molecule has 94 valence electrons. The molecular formula is C11H14Cl2N2O2. The van der Waals surface area contributed by atoms with Crippen LogP contribution in [0.3, 0.4) is 0 Å². The largest absolute Gasteiger partial charge is 0.493 e. The van der Waals surface area contributed by atoms with Crippen molar-refractivity contribution >= 4 is 24.8 Å². The summed E-state index contributed by atoms with van der Waals surface area (Å²) >= 11 is 0. The summed E-state index contributed by atoms with van der Waals surface area (Å²) < 4.78 is 10.4. The van der Waals surface area contributed by atoms with Crippen molar-refractivity contribution in [3.63, 3.8) is 0 Å². The van der Waals surface area contributed by atoms with Crippen LogP contribution in [0.4, 0.5) is 0 Å². The Morgan fingerprint density at radius 2 is 1.76 bits per heavy atom. The minimum atomic E-state index is 0. The van der Waals surface area contributed by atoms with E-state index < -0.39 is 0 Å². The number of halogens is 2. The predicted octanol–water partition coefficient (Wildman–Crippen LogP) is 2.94. The van der Waals surface area contributed by atoms with Gasteiger partial charge in [-0.15, -0.1) is 24.8 Å². The number of H-pyrrole nitrogens is 1. The number of aromatic nitrogens is 2. The zero-order valence-corrected chi connectivity index (χ0v) is 11.1. The summed E-state index contributed by atoms with van der Waals surface area (Å²) in [4.78, 5) is 7.20. The minimum absolute atomic E-state index is 0. The molecule has 0 saturated heterocycles. The molecule has 0 aliphatic carbocycles. The number of nitrogens with zero attached hydrogens (tertiary/aromatic N) is 1. The van der Waals surface area contributed by atoms with Crippen LogP contribution < -0.4 is 9.47 Å². The fourth-order valence-electron chi connectivity index (χ4n) is 1.41. The van der Waals surface area contributed by atoms with Gasteiger partial charge >= 0.3 is 0 Å². The topological polar surface area (TPSA) is 47.1 Å². The molecule has 0 atom stereocenters. The molecule has 2 aromatic rings. The number of nitrogens with one attached hydrogen (secondary N) is 1. The summed E-state index contributed by atoms with van der Waals surface area (Å²) in [7, 11) is 3.23. The first kappa shape index (κ1) is 15.6. The Hall–Kier alpha value is -1.39. The third kappa shape index (κ3) is 3.28. The van der Waals surface area contributed by atoms with Crippen LogP contribution in [-0.2, 0) is 0 Å². The molecule has 0 aliphatic heterocycles. The van der Waals surface area contributed by atoms with Crippen LogP contribution in [0.1, 0.15) is 0 Å². The maximum atomic E-state index is 5.21. The quantitative estimate of drug-likeness (QED) is 0.938. The first-order valence-electron chi connectivity index (χ1n) is 4.57. The number of ether oxygens (including phenoxy) is 2. The monoisotopic (exact) mass is 276 g/mol. The number of imidazole rings is 1. The fraction of sp³-hybridized carbons (Fsp3) is 0.182. The zero-order chi connectivity index (χ0) is 10.7. The van der Waals surface area contributed by atoms with E-state index in [0.717, 1.165) is 11.4 Å². The molecule has 0 spiro atoms. The molecule has 0 unspecified atom stereocenters. The summed E-state index contributed by atoms with van der Waals surface area (Å²) in [5.41, 5.74) is 0.970. The first-order valence-corrected chi connectivity index (χ1v) is 4.57. The Morgan fingerprint density at radius 1 is 1.06 bits per heavy atom. The van der Waals surface area contributed by atoms with E-state index in [1.165, 1.54) is 0 Å². The van der Waals surface area contributed by atoms with E-state index in [1.54, 1.807) is 26.6 Å². The van der Waals surface area contributed by atoms with Gasteiger partial charge in [0.15, 0.2) is 11.5 Å². The van der Waals surface area contributed by atoms with Gasteiger partial charge in [-0.05, 0) is 18.2 Å². The highest BCUT2D eigenvalue weighted by Gasteiger charge is 2.06. The highest BCUT2D eigenvalue weighted by atomic mass is 35.5. The standard InChI is InChI=1S/C11H12N2O2.2ClH/c1-14-9-4-3-8(7-10(9)15-2)11-12-5-6-13-11;;/h3-7H,1-2H3,(H,12,13);2*1H. The highest BCUT2D eigenvalue weighted by molar-refractivity contribution is 5.85. The fourth-order valence-corrected chi connectivity index (χ4v) is 1.41. The Bertz CT molecular complexity index is 447. The van der Waals surface area contributed by atoms with E-state index in [0.29, 0.717) is 11.5 Å². The molecule has 1 N–H and O–H groups in total. The molecule has 17 heavy (non-hydrogen) atoms. The van der Waals surface area contributed by atoms with Gasteiger partial charge in [0.05, 0.1) is 14.2 Å². The van der Waals surface area contributed by atoms with Gasteiger partial charge in [0.1, 0.15) is 5.82 Å². The lowest BCUT2D eigenvalue weighted by Crippen LogP contribution is -1.91. The van der Waals surface area contributed by atoms with Gasteiger partial charge in [-0.2, -0.15) is 0 Å². The normalized spacial score (nSPS) is 8.82. The summed E-state index contributed by atoms with van der Waals surface area (Å²) in [6, 6.07) is 5.68. The lowest BCUT2D eigenvalue weighted by Gasteiger charge is -2.08. The Kier molecular flexibility index (Phi) is 6.46. The first-order chi connectivity index (χ1) is 7.35. The van der Waals surface area contributed by atoms with E-state index >= 15 is 0 Å². The van der Waals surface area contributed by atoms with Crippen LogP contribution in [0.15, 0.2) is 30.6 Å². The van der Waals surface area contributed by atoms with Crippen molar-refractivity contribution in [2.45, 2.75) is 0 Å². The van der Waals surface area contributed by atoms with Crippen LogP contribution in [-0.4, -0.2) is 24.2 Å². The SMILES string of the molecule is COc1ccc(-c2ncc[nH]2)cc1OC.Cl.Cl. The van der Waals surface area contributed by atoms with Crippen LogP contribution in [0.2, 0.25) is 0 Å². The van der Waals surface area contributed by atoms with Gasteiger partial charge in [0.2, 0.25) is 0 Å². The highest BCUT2D eigenvalue weighted by Crippen LogP contribution is 2.30. The molecular weight excluding hydrogens is 263 g/mol. The smallest absolute Gasteiger partial charge is 0.161 e. The van der Waals surface area contributed by atoms with E-state index in [9.17, 15) is 0 Å². The minimum Gasteiger partial charge on any atom is -0.493 e. The van der Waals surface area contributed by atoms with Crippen molar-refractivity contribution in [3.05, 3.63) is 30.6 Å². The number of aromatic amines is 1. The van der Waals surface area contributed by atoms with E-state index in [4.69, 9.17) is 9.47 Å². The van der Waals surface area contributed by atoms with Crippen LogP contribution in [0.5, 0.6) is 11.5 Å². The van der Waals surface area contributed by atoms with Gasteiger partial charge in [-0.1, -0.05) is 0 Å². The van der Waals surface area contributed by atoms with E-state index in [-0.39, 0.29) is 24.8 Å². The third-order valence-electron chi connectivity index (χ3n) is 2.16. The maximum Gasteiger partial charge on any atom is 0.161 e. The molecule has 0 fully saturated rings. The van der Waals surface area contributed by atoms with Gasteiger partial charge in [-0.3, -0.25) is 0 Å². The Labute approximate surface area is 112 Å². The third-order valence-corrected chi connectivity index (χ3v) is 2.16. The lowest BCUT2D eigenvalue weighted by atomic mass is 10.2. The number of hydrogen-bond donors (Lipinski definition) is 1. The van der Waals surface area contributed by atoms with Gasteiger partial charge < -0.3 is 14.5 Å². The molecule has 0 bridgehead atoms. The predicted molar refractivity (Wildman–Crippen MR) is 71.6 cm³/mol. The zero-order valence-electron chi connectivity index (χ0n) is 9.47. The van der Waals surface area contributed by atoms with Crippen LogP contribution in [0.25, 0.3) is 11.4 Å². The lowest BCUT2D eigenvalue weighted by molar-refractivity contribution is 0.355. The van der Waals surface area contributed by atoms with Crippen molar-refractivity contribution in [2.24, 2.45) is 0 Å².